The van der Waals surface area contributed by atoms with E-state index in [4.69, 9.17) is 9.26 Å². The van der Waals surface area contributed by atoms with Crippen molar-refractivity contribution >= 4 is 5.91 Å². The summed E-state index contributed by atoms with van der Waals surface area (Å²) in [7, 11) is 1.81. The fourth-order valence-corrected chi connectivity index (χ4v) is 2.39. The van der Waals surface area contributed by atoms with Gasteiger partial charge >= 0.3 is 0 Å². The Morgan fingerprint density at radius 2 is 2.35 bits per heavy atom. The molecule has 0 saturated carbocycles. The number of rotatable bonds is 6. The van der Waals surface area contributed by atoms with Crippen molar-refractivity contribution in [3.63, 3.8) is 0 Å². The molecule has 0 unspecified atom stereocenters. The van der Waals surface area contributed by atoms with E-state index in [0.717, 1.165) is 44.6 Å². The van der Waals surface area contributed by atoms with E-state index in [9.17, 15) is 4.79 Å². The lowest BCUT2D eigenvalue weighted by atomic mass is 10.1. The van der Waals surface area contributed by atoms with Crippen LogP contribution in [-0.2, 0) is 4.74 Å². The summed E-state index contributed by atoms with van der Waals surface area (Å²) >= 11 is 0. The molecule has 1 aliphatic heterocycles. The van der Waals surface area contributed by atoms with E-state index in [1.54, 1.807) is 11.0 Å². The van der Waals surface area contributed by atoms with E-state index in [1.165, 1.54) is 0 Å². The standard InChI is InChI=1S/C15H24N2O3/c1-11(2)14-10-13(16-20-14)15(18)17(3)8-4-6-12-7-5-9-19-12/h10-12H,4-9H2,1-3H3/t12-/m1/s1. The Bertz CT molecular complexity index is 436. The molecule has 0 N–H and O–H groups in total. The maximum absolute atomic E-state index is 12.2. The molecule has 1 fully saturated rings. The first-order chi connectivity index (χ1) is 9.58. The molecule has 1 saturated heterocycles. The van der Waals surface area contributed by atoms with Gasteiger partial charge in [0.25, 0.3) is 5.91 Å². The third-order valence-electron chi connectivity index (χ3n) is 3.71. The van der Waals surface area contributed by atoms with Crippen LogP contribution in [0.2, 0.25) is 0 Å². The Morgan fingerprint density at radius 1 is 1.55 bits per heavy atom. The highest BCUT2D eigenvalue weighted by Gasteiger charge is 2.19. The minimum absolute atomic E-state index is 0.0759. The fourth-order valence-electron chi connectivity index (χ4n) is 2.39. The zero-order valence-electron chi connectivity index (χ0n) is 12.6. The summed E-state index contributed by atoms with van der Waals surface area (Å²) in [6, 6.07) is 1.74. The van der Waals surface area contributed by atoms with Crippen molar-refractivity contribution in [1.82, 2.24) is 10.1 Å². The van der Waals surface area contributed by atoms with Crippen LogP contribution in [0.15, 0.2) is 10.6 Å². The second-order valence-corrected chi connectivity index (χ2v) is 5.77. The number of nitrogens with zero attached hydrogens (tertiary/aromatic N) is 2. The molecule has 1 amide bonds. The molecule has 1 aromatic heterocycles. The van der Waals surface area contributed by atoms with Gasteiger partial charge in [-0.1, -0.05) is 19.0 Å². The number of aromatic nitrogens is 1. The maximum Gasteiger partial charge on any atom is 0.275 e. The molecule has 0 bridgehead atoms. The highest BCUT2D eigenvalue weighted by Crippen LogP contribution is 2.18. The van der Waals surface area contributed by atoms with Crippen LogP contribution in [0.25, 0.3) is 0 Å². The molecule has 1 aromatic rings. The molecule has 20 heavy (non-hydrogen) atoms. The first-order valence-corrected chi connectivity index (χ1v) is 7.41. The number of carbonyl (C=O) groups is 1. The number of carbonyl (C=O) groups excluding carboxylic acids is 1. The van der Waals surface area contributed by atoms with Gasteiger partial charge in [-0.2, -0.15) is 0 Å². The largest absolute Gasteiger partial charge is 0.378 e. The maximum atomic E-state index is 12.2. The Balaban J connectivity index is 1.78. The zero-order valence-corrected chi connectivity index (χ0v) is 12.6. The molecule has 0 aromatic carbocycles. The summed E-state index contributed by atoms with van der Waals surface area (Å²) in [5, 5.41) is 3.85. The predicted octanol–water partition coefficient (Wildman–Crippen LogP) is 2.83. The summed E-state index contributed by atoms with van der Waals surface area (Å²) < 4.78 is 10.7. The molecular formula is C15H24N2O3. The SMILES string of the molecule is CC(C)c1cc(C(=O)N(C)CCC[C@@H]2CCCO2)no1. The van der Waals surface area contributed by atoms with E-state index in [2.05, 4.69) is 5.16 Å². The van der Waals surface area contributed by atoms with Gasteiger partial charge in [-0.05, 0) is 25.7 Å². The molecule has 5 heteroatoms. The first-order valence-electron chi connectivity index (χ1n) is 7.41. The lowest BCUT2D eigenvalue weighted by Crippen LogP contribution is -2.28. The number of amides is 1. The van der Waals surface area contributed by atoms with E-state index in [-0.39, 0.29) is 11.8 Å². The van der Waals surface area contributed by atoms with Crippen LogP contribution in [0.3, 0.4) is 0 Å². The van der Waals surface area contributed by atoms with Gasteiger partial charge in [0, 0.05) is 32.2 Å². The Kier molecular flexibility index (Phi) is 5.17. The van der Waals surface area contributed by atoms with Crippen LogP contribution in [0, 0.1) is 0 Å². The highest BCUT2D eigenvalue weighted by atomic mass is 16.5. The summed E-state index contributed by atoms with van der Waals surface area (Å²) in [5.74, 6) is 0.919. The van der Waals surface area contributed by atoms with Gasteiger partial charge in [-0.25, -0.2) is 0 Å². The average molecular weight is 280 g/mol. The minimum atomic E-state index is -0.0759. The summed E-state index contributed by atoms with van der Waals surface area (Å²) in [6.07, 6.45) is 4.68. The lowest BCUT2D eigenvalue weighted by molar-refractivity contribution is 0.0753. The van der Waals surface area contributed by atoms with E-state index < -0.39 is 0 Å². The first kappa shape index (κ1) is 15.0. The normalized spacial score (nSPS) is 18.7. The van der Waals surface area contributed by atoms with Crippen molar-refractivity contribution < 1.29 is 14.1 Å². The number of hydrogen-bond donors (Lipinski definition) is 0. The topological polar surface area (TPSA) is 55.6 Å². The van der Waals surface area contributed by atoms with Gasteiger partial charge in [-0.15, -0.1) is 0 Å². The van der Waals surface area contributed by atoms with Crippen LogP contribution >= 0.6 is 0 Å². The second kappa shape index (κ2) is 6.88. The molecule has 0 radical (unpaired) electrons. The summed E-state index contributed by atoms with van der Waals surface area (Å²) in [6.45, 7) is 5.64. The smallest absolute Gasteiger partial charge is 0.275 e. The van der Waals surface area contributed by atoms with Crippen molar-refractivity contribution in [2.45, 2.75) is 51.6 Å². The highest BCUT2D eigenvalue weighted by molar-refractivity contribution is 5.92. The van der Waals surface area contributed by atoms with Crippen molar-refractivity contribution in [3.8, 4) is 0 Å². The monoisotopic (exact) mass is 280 g/mol. The zero-order chi connectivity index (χ0) is 14.5. The van der Waals surface area contributed by atoms with E-state index >= 15 is 0 Å². The summed E-state index contributed by atoms with van der Waals surface area (Å²) in [4.78, 5) is 13.9. The quantitative estimate of drug-likeness (QED) is 0.804. The number of ether oxygens (including phenoxy) is 1. The van der Waals surface area contributed by atoms with Crippen LogP contribution < -0.4 is 0 Å². The molecule has 0 spiro atoms. The van der Waals surface area contributed by atoms with Crippen LogP contribution in [0.4, 0.5) is 0 Å². The van der Waals surface area contributed by atoms with E-state index in [0.29, 0.717) is 11.8 Å². The number of hydrogen-bond acceptors (Lipinski definition) is 4. The predicted molar refractivity (Wildman–Crippen MR) is 75.8 cm³/mol. The average Bonchev–Trinajstić information content (AvgIpc) is 3.08. The van der Waals surface area contributed by atoms with Crippen molar-refractivity contribution in [3.05, 3.63) is 17.5 Å². The molecule has 5 nitrogen and oxygen atoms in total. The van der Waals surface area contributed by atoms with Crippen LogP contribution in [0.5, 0.6) is 0 Å². The van der Waals surface area contributed by atoms with Crippen molar-refractivity contribution in [1.29, 1.82) is 0 Å². The van der Waals surface area contributed by atoms with Crippen LogP contribution in [0.1, 0.15) is 61.7 Å². The molecule has 112 valence electrons. The molecule has 2 rings (SSSR count). The van der Waals surface area contributed by atoms with Gasteiger partial charge < -0.3 is 14.2 Å². The Hall–Kier alpha value is -1.36. The van der Waals surface area contributed by atoms with Gasteiger partial charge in [0.05, 0.1) is 6.10 Å². The summed E-state index contributed by atoms with van der Waals surface area (Å²) in [5.41, 5.74) is 0.397. The van der Waals surface area contributed by atoms with Crippen LogP contribution in [-0.4, -0.2) is 42.3 Å². The van der Waals surface area contributed by atoms with Gasteiger partial charge in [0.2, 0.25) is 0 Å². The Morgan fingerprint density at radius 3 is 2.95 bits per heavy atom. The molecule has 1 aliphatic rings. The molecular weight excluding hydrogens is 256 g/mol. The third kappa shape index (κ3) is 3.82. The third-order valence-corrected chi connectivity index (χ3v) is 3.71. The van der Waals surface area contributed by atoms with Gasteiger partial charge in [0.1, 0.15) is 5.76 Å². The van der Waals surface area contributed by atoms with E-state index in [1.807, 2.05) is 20.9 Å². The Labute approximate surface area is 120 Å². The second-order valence-electron chi connectivity index (χ2n) is 5.77. The molecule has 1 atom stereocenters. The van der Waals surface area contributed by atoms with Crippen molar-refractivity contribution in [2.24, 2.45) is 0 Å². The van der Waals surface area contributed by atoms with Crippen molar-refractivity contribution in [2.75, 3.05) is 20.2 Å². The van der Waals surface area contributed by atoms with Gasteiger partial charge in [0.15, 0.2) is 5.69 Å². The lowest BCUT2D eigenvalue weighted by Gasteiger charge is -2.16. The van der Waals surface area contributed by atoms with Gasteiger partial charge in [-0.3, -0.25) is 4.79 Å². The molecule has 2 heterocycles. The fraction of sp³-hybridized carbons (Fsp3) is 0.733. The molecule has 0 aliphatic carbocycles. The minimum Gasteiger partial charge on any atom is -0.378 e.